The summed E-state index contributed by atoms with van der Waals surface area (Å²) in [6.45, 7) is 6.09. The minimum Gasteiger partial charge on any atom is -0.466 e. The third-order valence-electron chi connectivity index (χ3n) is 5.62. The van der Waals surface area contributed by atoms with Crippen LogP contribution in [0, 0.1) is 12.8 Å². The van der Waals surface area contributed by atoms with Crippen molar-refractivity contribution in [2.45, 2.75) is 33.2 Å². The highest BCUT2D eigenvalue weighted by Gasteiger charge is 2.30. The Kier molecular flexibility index (Phi) is 6.29. The molecule has 2 aromatic heterocycles. The van der Waals surface area contributed by atoms with E-state index in [-0.39, 0.29) is 17.8 Å². The van der Waals surface area contributed by atoms with Gasteiger partial charge in [-0.25, -0.2) is 0 Å². The third kappa shape index (κ3) is 4.18. The molecule has 7 heteroatoms. The van der Waals surface area contributed by atoms with Gasteiger partial charge in [-0.2, -0.15) is 0 Å². The zero-order chi connectivity index (χ0) is 21.3. The van der Waals surface area contributed by atoms with E-state index in [0.29, 0.717) is 44.8 Å². The Morgan fingerprint density at radius 3 is 2.70 bits per heavy atom. The number of rotatable bonds is 5. The summed E-state index contributed by atoms with van der Waals surface area (Å²) in [6.07, 6.45) is 1.31. The van der Waals surface area contributed by atoms with E-state index >= 15 is 0 Å². The fourth-order valence-corrected chi connectivity index (χ4v) is 5.80. The van der Waals surface area contributed by atoms with Gasteiger partial charge in [0.1, 0.15) is 5.69 Å². The van der Waals surface area contributed by atoms with Crippen LogP contribution in [0.15, 0.2) is 40.2 Å². The molecule has 1 aliphatic rings. The van der Waals surface area contributed by atoms with Crippen molar-refractivity contribution in [3.05, 3.63) is 57.0 Å². The molecule has 0 spiro atoms. The number of nitrogens with zero attached hydrogens (tertiary/aromatic N) is 2. The molecule has 0 atom stereocenters. The number of hydrogen-bond acceptors (Lipinski definition) is 4. The first-order chi connectivity index (χ1) is 14.5. The fourth-order valence-electron chi connectivity index (χ4n) is 4.11. The average Bonchev–Trinajstić information content (AvgIpc) is 3.28. The Balaban J connectivity index is 1.59. The number of halogens is 1. The quantitative estimate of drug-likeness (QED) is 0.461. The second-order valence-corrected chi connectivity index (χ2v) is 9.49. The Hall–Kier alpha value is -2.12. The van der Waals surface area contributed by atoms with Gasteiger partial charge in [0, 0.05) is 25.0 Å². The number of hydrogen-bond donors (Lipinski definition) is 0. The topological polar surface area (TPSA) is 51.5 Å². The number of aryl methyl sites for hydroxylation is 1. The van der Waals surface area contributed by atoms with Crippen molar-refractivity contribution in [2.24, 2.45) is 5.92 Å². The van der Waals surface area contributed by atoms with Crippen LogP contribution in [0.3, 0.4) is 0 Å². The average molecular weight is 489 g/mol. The summed E-state index contributed by atoms with van der Waals surface area (Å²) >= 11 is 5.29. The van der Waals surface area contributed by atoms with Gasteiger partial charge in [-0.1, -0.05) is 29.8 Å². The van der Waals surface area contributed by atoms with Gasteiger partial charge in [0.25, 0.3) is 5.91 Å². The van der Waals surface area contributed by atoms with E-state index in [1.165, 1.54) is 11.1 Å². The Bertz CT molecular complexity index is 1080. The van der Waals surface area contributed by atoms with E-state index in [0.717, 1.165) is 14.7 Å². The number of thiophene rings is 1. The van der Waals surface area contributed by atoms with Crippen LogP contribution in [0.5, 0.6) is 0 Å². The van der Waals surface area contributed by atoms with E-state index in [9.17, 15) is 9.59 Å². The van der Waals surface area contributed by atoms with Gasteiger partial charge in [0.05, 0.1) is 27.2 Å². The van der Waals surface area contributed by atoms with Crippen LogP contribution < -0.4 is 0 Å². The molecule has 3 heterocycles. The second-order valence-electron chi connectivity index (χ2n) is 7.72. The molecule has 158 valence electrons. The first-order valence-corrected chi connectivity index (χ1v) is 11.9. The van der Waals surface area contributed by atoms with Crippen molar-refractivity contribution in [2.75, 3.05) is 19.7 Å². The molecule has 1 aromatic carbocycles. The summed E-state index contributed by atoms with van der Waals surface area (Å²) in [7, 11) is 0. The molecule has 0 N–H and O–H groups in total. The van der Waals surface area contributed by atoms with Crippen LogP contribution in [-0.2, 0) is 16.1 Å². The van der Waals surface area contributed by atoms with Crippen molar-refractivity contribution in [3.8, 4) is 0 Å². The smallest absolute Gasteiger partial charge is 0.309 e. The molecule has 0 radical (unpaired) electrons. The zero-order valence-electron chi connectivity index (χ0n) is 17.2. The normalized spacial score (nSPS) is 15.0. The summed E-state index contributed by atoms with van der Waals surface area (Å²) in [6, 6.07) is 10.4. The van der Waals surface area contributed by atoms with Gasteiger partial charge >= 0.3 is 5.97 Å². The predicted octanol–water partition coefficient (Wildman–Crippen LogP) is 5.24. The molecular formula is C23H25BrN2O3S. The van der Waals surface area contributed by atoms with Crippen LogP contribution in [-0.4, -0.2) is 41.0 Å². The van der Waals surface area contributed by atoms with E-state index in [1.807, 2.05) is 17.9 Å². The van der Waals surface area contributed by atoms with E-state index in [2.05, 4.69) is 57.1 Å². The van der Waals surface area contributed by atoms with E-state index in [1.54, 1.807) is 11.3 Å². The van der Waals surface area contributed by atoms with Gasteiger partial charge in [0.2, 0.25) is 0 Å². The molecule has 1 saturated heterocycles. The molecule has 1 amide bonds. The van der Waals surface area contributed by atoms with Crippen molar-refractivity contribution in [3.63, 3.8) is 0 Å². The van der Waals surface area contributed by atoms with Gasteiger partial charge in [-0.3, -0.25) is 9.59 Å². The highest BCUT2D eigenvalue weighted by atomic mass is 79.9. The Labute approximate surface area is 188 Å². The molecule has 5 nitrogen and oxygen atoms in total. The molecule has 1 fully saturated rings. The highest BCUT2D eigenvalue weighted by Crippen LogP contribution is 2.34. The zero-order valence-corrected chi connectivity index (χ0v) is 19.6. The second kappa shape index (κ2) is 8.94. The number of likely N-dealkylation sites (tertiary alicyclic amines) is 1. The number of carbonyl (C=O) groups is 2. The molecule has 0 unspecified atom stereocenters. The maximum atomic E-state index is 13.4. The van der Waals surface area contributed by atoms with Crippen LogP contribution >= 0.6 is 27.3 Å². The molecule has 4 rings (SSSR count). The van der Waals surface area contributed by atoms with Crippen molar-refractivity contribution in [1.82, 2.24) is 9.47 Å². The van der Waals surface area contributed by atoms with Gasteiger partial charge in [0.15, 0.2) is 0 Å². The van der Waals surface area contributed by atoms with Crippen molar-refractivity contribution in [1.29, 1.82) is 0 Å². The monoisotopic (exact) mass is 488 g/mol. The van der Waals surface area contributed by atoms with Crippen molar-refractivity contribution < 1.29 is 14.3 Å². The number of aromatic nitrogens is 1. The van der Waals surface area contributed by atoms with Gasteiger partial charge in [-0.15, -0.1) is 11.3 Å². The maximum Gasteiger partial charge on any atom is 0.309 e. The molecule has 0 aliphatic carbocycles. The molecule has 0 saturated carbocycles. The maximum absolute atomic E-state index is 13.4. The molecule has 30 heavy (non-hydrogen) atoms. The van der Waals surface area contributed by atoms with Gasteiger partial charge < -0.3 is 14.2 Å². The lowest BCUT2D eigenvalue weighted by Gasteiger charge is -2.31. The standard InChI is InChI=1S/C23H25BrN2O3S/c1-3-29-23(28)17-7-9-25(10-8-17)22(27)19-12-20-21(18(24)14-30-20)26(19)13-16-6-4-5-15(2)11-16/h4-6,11-12,14,17H,3,7-10,13H2,1-2H3. The van der Waals surface area contributed by atoms with Crippen LogP contribution in [0.2, 0.25) is 0 Å². The number of ether oxygens (including phenoxy) is 1. The third-order valence-corrected chi connectivity index (χ3v) is 7.45. The minimum atomic E-state index is -0.142. The Morgan fingerprint density at radius 1 is 1.23 bits per heavy atom. The van der Waals surface area contributed by atoms with Crippen LogP contribution in [0.4, 0.5) is 0 Å². The summed E-state index contributed by atoms with van der Waals surface area (Å²) in [5.41, 5.74) is 4.13. The Morgan fingerprint density at radius 2 is 2.00 bits per heavy atom. The number of piperidine rings is 1. The molecular weight excluding hydrogens is 464 g/mol. The number of benzene rings is 1. The summed E-state index contributed by atoms with van der Waals surface area (Å²) in [4.78, 5) is 27.3. The highest BCUT2D eigenvalue weighted by molar-refractivity contribution is 9.10. The van der Waals surface area contributed by atoms with E-state index in [4.69, 9.17) is 4.74 Å². The van der Waals surface area contributed by atoms with Crippen molar-refractivity contribution >= 4 is 49.4 Å². The lowest BCUT2D eigenvalue weighted by Crippen LogP contribution is -2.41. The van der Waals surface area contributed by atoms with Crippen LogP contribution in [0.1, 0.15) is 41.4 Å². The number of fused-ring (bicyclic) bond motifs is 1. The predicted molar refractivity (Wildman–Crippen MR) is 123 cm³/mol. The molecule has 0 bridgehead atoms. The largest absolute Gasteiger partial charge is 0.466 e. The number of carbonyl (C=O) groups excluding carboxylic acids is 2. The number of esters is 1. The molecule has 1 aliphatic heterocycles. The van der Waals surface area contributed by atoms with Gasteiger partial charge in [-0.05, 0) is 54.2 Å². The lowest BCUT2D eigenvalue weighted by atomic mass is 9.97. The summed E-state index contributed by atoms with van der Waals surface area (Å²) < 4.78 is 9.37. The van der Waals surface area contributed by atoms with E-state index < -0.39 is 0 Å². The SMILES string of the molecule is CCOC(=O)C1CCN(C(=O)c2cc3scc(Br)c3n2Cc2cccc(C)c2)CC1. The summed E-state index contributed by atoms with van der Waals surface area (Å²) in [5, 5.41) is 2.07. The number of amides is 1. The molecule has 3 aromatic rings. The minimum absolute atomic E-state index is 0.0280. The summed E-state index contributed by atoms with van der Waals surface area (Å²) in [5.74, 6) is -0.220. The lowest BCUT2D eigenvalue weighted by molar-refractivity contribution is -0.149. The van der Waals surface area contributed by atoms with Crippen LogP contribution in [0.25, 0.3) is 10.2 Å². The first kappa shape index (κ1) is 21.1. The first-order valence-electron chi connectivity index (χ1n) is 10.3. The fraction of sp³-hybridized carbons (Fsp3) is 0.391.